The van der Waals surface area contributed by atoms with Gasteiger partial charge in [-0.2, -0.15) is 8.42 Å². The molecule has 0 saturated carbocycles. The highest BCUT2D eigenvalue weighted by Crippen LogP contribution is 1.92. The molecular formula is C3H6NO4S. The van der Waals surface area contributed by atoms with Crippen molar-refractivity contribution < 1.29 is 17.8 Å². The lowest BCUT2D eigenvalue weighted by atomic mass is 10.5. The van der Waals surface area contributed by atoms with Gasteiger partial charge >= 0.3 is 0 Å². The van der Waals surface area contributed by atoms with Gasteiger partial charge in [0.1, 0.15) is 5.75 Å². The molecule has 0 spiro atoms. The van der Waals surface area contributed by atoms with Crippen LogP contribution in [0.15, 0.2) is 0 Å². The van der Waals surface area contributed by atoms with E-state index in [0.717, 1.165) is 0 Å². The van der Waals surface area contributed by atoms with E-state index in [1.54, 1.807) is 0 Å². The molecule has 0 aliphatic heterocycles. The van der Waals surface area contributed by atoms with E-state index in [0.29, 0.717) is 5.75 Å². The summed E-state index contributed by atoms with van der Waals surface area (Å²) >= 11 is 0. The fraction of sp³-hybridized carbons (Fsp3) is 0.333. The molecule has 0 unspecified atom stereocenters. The third kappa shape index (κ3) is 7.38. The van der Waals surface area contributed by atoms with Crippen molar-refractivity contribution in [3.63, 3.8) is 0 Å². The second kappa shape index (κ2) is 2.79. The minimum absolute atomic E-state index is 0.440. The van der Waals surface area contributed by atoms with Crippen LogP contribution >= 0.6 is 0 Å². The lowest BCUT2D eigenvalue weighted by Crippen LogP contribution is -2.12. The van der Waals surface area contributed by atoms with E-state index in [1.165, 1.54) is 0 Å². The van der Waals surface area contributed by atoms with E-state index in [2.05, 4.69) is 5.73 Å². The first-order valence-electron chi connectivity index (χ1n) is 2.01. The van der Waals surface area contributed by atoms with E-state index in [9.17, 15) is 13.2 Å². The average molecular weight is 152 g/mol. The second-order valence-electron chi connectivity index (χ2n) is 1.35. The summed E-state index contributed by atoms with van der Waals surface area (Å²) in [7, 11) is -4.15. The van der Waals surface area contributed by atoms with Crippen LogP contribution in [0, 0.1) is 5.75 Å². The molecule has 0 bridgehead atoms. The van der Waals surface area contributed by atoms with E-state index >= 15 is 0 Å². The normalized spacial score (nSPS) is 11.2. The quantitative estimate of drug-likeness (QED) is 0.502. The van der Waals surface area contributed by atoms with Gasteiger partial charge in [0, 0.05) is 6.42 Å². The van der Waals surface area contributed by atoms with Gasteiger partial charge in [-0.3, -0.25) is 9.35 Å². The summed E-state index contributed by atoms with van der Waals surface area (Å²) in [5.74, 6) is -0.359. The third-order valence-electron chi connectivity index (χ3n) is 0.495. The molecule has 0 aliphatic carbocycles. The van der Waals surface area contributed by atoms with Gasteiger partial charge in [-0.25, -0.2) is 0 Å². The van der Waals surface area contributed by atoms with Crippen molar-refractivity contribution in [3.8, 4) is 0 Å². The van der Waals surface area contributed by atoms with Crippen LogP contribution in [0.2, 0.25) is 0 Å². The van der Waals surface area contributed by atoms with E-state index in [1.807, 2.05) is 0 Å². The second-order valence-corrected chi connectivity index (χ2v) is 2.72. The Morgan fingerprint density at radius 2 is 2.11 bits per heavy atom. The molecule has 0 rings (SSSR count). The van der Waals surface area contributed by atoms with Gasteiger partial charge in [-0.1, -0.05) is 0 Å². The van der Waals surface area contributed by atoms with Crippen molar-refractivity contribution >= 4 is 16.0 Å². The number of nitrogens with two attached hydrogens (primary N) is 1. The van der Waals surface area contributed by atoms with Crippen molar-refractivity contribution in [1.82, 2.24) is 0 Å². The molecule has 0 saturated heterocycles. The van der Waals surface area contributed by atoms with Crippen molar-refractivity contribution in [2.75, 3.05) is 0 Å². The lowest BCUT2D eigenvalue weighted by Gasteiger charge is -1.89. The van der Waals surface area contributed by atoms with Gasteiger partial charge in [0.2, 0.25) is 5.91 Å². The summed E-state index contributed by atoms with van der Waals surface area (Å²) in [6.45, 7) is 0. The van der Waals surface area contributed by atoms with Gasteiger partial charge in [-0.05, 0) is 0 Å². The van der Waals surface area contributed by atoms with E-state index in [-0.39, 0.29) is 0 Å². The minimum Gasteiger partial charge on any atom is -0.370 e. The topological polar surface area (TPSA) is 97.5 Å². The summed E-state index contributed by atoms with van der Waals surface area (Å²) in [5.41, 5.74) is 4.55. The van der Waals surface area contributed by atoms with Crippen molar-refractivity contribution in [2.45, 2.75) is 6.42 Å². The Morgan fingerprint density at radius 3 is 2.22 bits per heavy atom. The zero-order chi connectivity index (χ0) is 7.49. The highest BCUT2D eigenvalue weighted by atomic mass is 32.2. The molecule has 5 nitrogen and oxygen atoms in total. The molecule has 3 N–H and O–H groups in total. The zero-order valence-electron chi connectivity index (χ0n) is 4.44. The Bertz CT molecular complexity index is 194. The summed E-state index contributed by atoms with van der Waals surface area (Å²) in [6, 6.07) is 0. The Hall–Kier alpha value is -0.620. The average Bonchev–Trinajstić information content (AvgIpc) is 1.59. The van der Waals surface area contributed by atoms with Gasteiger partial charge in [-0.15, -0.1) is 0 Å². The van der Waals surface area contributed by atoms with Crippen LogP contribution in [0.1, 0.15) is 6.42 Å². The SMILES string of the molecule is NC(=O)C[CH]S(=O)(=O)O. The van der Waals surface area contributed by atoms with Crippen LogP contribution < -0.4 is 5.73 Å². The van der Waals surface area contributed by atoms with E-state index in [4.69, 9.17) is 4.55 Å². The largest absolute Gasteiger partial charge is 0.370 e. The molecule has 0 atom stereocenters. The predicted octanol–water partition coefficient (Wildman–Crippen LogP) is -1.09. The molecule has 0 aromatic heterocycles. The van der Waals surface area contributed by atoms with Gasteiger partial charge in [0.05, 0.1) is 0 Å². The summed E-state index contributed by atoms with van der Waals surface area (Å²) in [5, 5.41) is 0. The maximum atomic E-state index is 9.86. The summed E-state index contributed by atoms with van der Waals surface area (Å²) in [4.78, 5) is 9.86. The molecule has 6 heteroatoms. The highest BCUT2D eigenvalue weighted by Gasteiger charge is 2.06. The first kappa shape index (κ1) is 8.38. The van der Waals surface area contributed by atoms with Crippen LogP contribution in [0.3, 0.4) is 0 Å². The number of rotatable bonds is 3. The number of carbonyl (C=O) groups excluding carboxylic acids is 1. The molecule has 1 amide bonds. The van der Waals surface area contributed by atoms with Gasteiger partial charge in [0.15, 0.2) is 0 Å². The number of amides is 1. The number of hydrogen-bond acceptors (Lipinski definition) is 3. The van der Waals surface area contributed by atoms with Crippen LogP contribution in [-0.2, 0) is 14.9 Å². The van der Waals surface area contributed by atoms with Crippen LogP contribution in [-0.4, -0.2) is 18.9 Å². The predicted molar refractivity (Wildman–Crippen MR) is 29.7 cm³/mol. The van der Waals surface area contributed by atoms with Gasteiger partial charge in [0.25, 0.3) is 10.1 Å². The Morgan fingerprint density at radius 1 is 1.67 bits per heavy atom. The molecule has 0 heterocycles. The first-order valence-corrected chi connectivity index (χ1v) is 3.51. The first-order chi connectivity index (χ1) is 3.92. The molecule has 53 valence electrons. The molecule has 0 aromatic carbocycles. The van der Waals surface area contributed by atoms with Crippen LogP contribution in [0.25, 0.3) is 0 Å². The summed E-state index contributed by atoms with van der Waals surface area (Å²) in [6.07, 6.45) is -0.459. The fourth-order valence-corrected chi connectivity index (χ4v) is 0.562. The molecule has 0 aromatic rings. The van der Waals surface area contributed by atoms with Crippen LogP contribution in [0.5, 0.6) is 0 Å². The van der Waals surface area contributed by atoms with Crippen molar-refractivity contribution in [1.29, 1.82) is 0 Å². The van der Waals surface area contributed by atoms with Crippen LogP contribution in [0.4, 0.5) is 0 Å². The summed E-state index contributed by atoms with van der Waals surface area (Å²) < 4.78 is 27.6. The molecule has 1 radical (unpaired) electrons. The Kier molecular flexibility index (Phi) is 2.60. The number of hydrogen-bond donors (Lipinski definition) is 2. The molecular weight excluding hydrogens is 146 g/mol. The van der Waals surface area contributed by atoms with Gasteiger partial charge < -0.3 is 5.73 Å². The smallest absolute Gasteiger partial charge is 0.269 e. The Labute approximate surface area is 52.6 Å². The monoisotopic (exact) mass is 152 g/mol. The standard InChI is InChI=1S/C3H6NO4S/c4-3(5)1-2-9(6,7)8/h2H,1H2,(H2,4,5)(H,6,7,8). The minimum atomic E-state index is -4.15. The molecule has 0 aliphatic rings. The Balaban J connectivity index is 3.67. The fourth-order valence-electron chi connectivity index (χ4n) is 0.187. The highest BCUT2D eigenvalue weighted by molar-refractivity contribution is 7.87. The maximum Gasteiger partial charge on any atom is 0.269 e. The maximum absolute atomic E-state index is 9.86. The molecule has 9 heavy (non-hydrogen) atoms. The van der Waals surface area contributed by atoms with Crippen molar-refractivity contribution in [2.24, 2.45) is 5.73 Å². The number of primary amides is 1. The number of carbonyl (C=O) groups is 1. The zero-order valence-corrected chi connectivity index (χ0v) is 5.26. The van der Waals surface area contributed by atoms with E-state index < -0.39 is 22.4 Å². The third-order valence-corrected chi connectivity index (χ3v) is 1.08. The lowest BCUT2D eigenvalue weighted by molar-refractivity contribution is -0.117. The van der Waals surface area contributed by atoms with Crippen molar-refractivity contribution in [3.05, 3.63) is 5.75 Å². The molecule has 0 fully saturated rings.